The van der Waals surface area contributed by atoms with Gasteiger partial charge in [-0.15, -0.1) is 0 Å². The van der Waals surface area contributed by atoms with Crippen LogP contribution in [0.5, 0.6) is 0 Å². The topological polar surface area (TPSA) is 88.1 Å². The van der Waals surface area contributed by atoms with E-state index in [1.54, 1.807) is 0 Å². The smallest absolute Gasteiger partial charge is 0.0164 e. The summed E-state index contributed by atoms with van der Waals surface area (Å²) in [7, 11) is 0. The van der Waals surface area contributed by atoms with Crippen LogP contribution < -0.4 is 27.4 Å². The predicted octanol–water partition coefficient (Wildman–Crippen LogP) is -1.94. The fourth-order valence-electron chi connectivity index (χ4n) is 1.13. The largest absolute Gasteiger partial charge is 0.329 e. The molecule has 0 radical (unpaired) electrons. The summed E-state index contributed by atoms with van der Waals surface area (Å²) >= 11 is 0. The zero-order valence-corrected chi connectivity index (χ0v) is 9.18. The van der Waals surface area contributed by atoms with E-state index in [0.29, 0.717) is 19.1 Å². The Morgan fingerprint density at radius 3 is 2.14 bits per heavy atom. The Labute approximate surface area is 87.0 Å². The van der Waals surface area contributed by atoms with Gasteiger partial charge in [0, 0.05) is 51.9 Å². The van der Waals surface area contributed by atoms with Gasteiger partial charge in [0.2, 0.25) is 0 Å². The number of rotatable bonds is 4. The Kier molecular flexibility index (Phi) is 10.7. The molecule has 0 aromatic heterocycles. The molecule has 5 nitrogen and oxygen atoms in total. The predicted molar refractivity (Wildman–Crippen MR) is 61.3 cm³/mol. The van der Waals surface area contributed by atoms with Crippen LogP contribution in [0.25, 0.3) is 0 Å². The van der Waals surface area contributed by atoms with Gasteiger partial charge in [0.25, 0.3) is 0 Å². The van der Waals surface area contributed by atoms with Crippen molar-refractivity contribution in [2.24, 2.45) is 11.5 Å². The highest BCUT2D eigenvalue weighted by Gasteiger charge is 2.03. The van der Waals surface area contributed by atoms with Crippen LogP contribution in [0.4, 0.5) is 0 Å². The van der Waals surface area contributed by atoms with Gasteiger partial charge in [-0.3, -0.25) is 0 Å². The van der Waals surface area contributed by atoms with Crippen molar-refractivity contribution in [2.45, 2.75) is 13.0 Å². The van der Waals surface area contributed by atoms with Crippen molar-refractivity contribution >= 4 is 0 Å². The molecule has 5 heteroatoms. The van der Waals surface area contributed by atoms with E-state index < -0.39 is 0 Å². The zero-order chi connectivity index (χ0) is 10.6. The SMILES string of the molecule is CC1CNCCN1.NCCNCCN. The Morgan fingerprint density at radius 2 is 1.86 bits per heavy atom. The van der Waals surface area contributed by atoms with Crippen LogP contribution in [0.2, 0.25) is 0 Å². The molecule has 86 valence electrons. The minimum atomic E-state index is 0.675. The molecule has 1 aliphatic heterocycles. The fourth-order valence-corrected chi connectivity index (χ4v) is 1.13. The molecule has 0 amide bonds. The molecule has 0 spiro atoms. The van der Waals surface area contributed by atoms with Gasteiger partial charge in [0.1, 0.15) is 0 Å². The summed E-state index contributed by atoms with van der Waals surface area (Å²) in [5.41, 5.74) is 10.3. The van der Waals surface area contributed by atoms with Crippen LogP contribution in [0.15, 0.2) is 0 Å². The monoisotopic (exact) mass is 203 g/mol. The van der Waals surface area contributed by atoms with Crippen molar-refractivity contribution in [1.29, 1.82) is 0 Å². The fraction of sp³-hybridized carbons (Fsp3) is 1.00. The first-order chi connectivity index (χ1) is 6.81. The molecule has 1 fully saturated rings. The summed E-state index contributed by atoms with van der Waals surface area (Å²) in [6.45, 7) is 8.70. The van der Waals surface area contributed by atoms with Gasteiger partial charge in [-0.05, 0) is 6.92 Å². The highest BCUT2D eigenvalue weighted by molar-refractivity contribution is 4.69. The molecule has 0 aliphatic carbocycles. The van der Waals surface area contributed by atoms with Crippen LogP contribution in [0.1, 0.15) is 6.92 Å². The zero-order valence-electron chi connectivity index (χ0n) is 9.18. The van der Waals surface area contributed by atoms with Gasteiger partial charge < -0.3 is 27.4 Å². The standard InChI is InChI=1S/C5H12N2.C4H13N3/c1-5-4-6-2-3-7-5;5-1-3-7-4-2-6/h5-7H,2-4H2,1H3;7H,1-6H2. The lowest BCUT2D eigenvalue weighted by Crippen LogP contribution is -2.46. The van der Waals surface area contributed by atoms with Gasteiger partial charge >= 0.3 is 0 Å². The maximum Gasteiger partial charge on any atom is 0.0164 e. The van der Waals surface area contributed by atoms with Crippen LogP contribution in [0, 0.1) is 0 Å². The molecular weight excluding hydrogens is 178 g/mol. The molecule has 1 saturated heterocycles. The van der Waals surface area contributed by atoms with Crippen molar-refractivity contribution in [3.05, 3.63) is 0 Å². The molecule has 0 saturated carbocycles. The van der Waals surface area contributed by atoms with Crippen LogP contribution >= 0.6 is 0 Å². The molecule has 1 atom stereocenters. The number of hydrogen-bond donors (Lipinski definition) is 5. The Hall–Kier alpha value is -0.200. The molecule has 1 unspecified atom stereocenters. The first-order valence-electron chi connectivity index (χ1n) is 5.36. The molecule has 0 bridgehead atoms. The van der Waals surface area contributed by atoms with E-state index in [1.165, 1.54) is 0 Å². The Balaban J connectivity index is 0.000000241. The summed E-state index contributed by atoms with van der Waals surface area (Å²) in [5.74, 6) is 0. The maximum absolute atomic E-state index is 5.17. The highest BCUT2D eigenvalue weighted by Crippen LogP contribution is 1.80. The van der Waals surface area contributed by atoms with Crippen LogP contribution in [0.3, 0.4) is 0 Å². The molecule has 14 heavy (non-hydrogen) atoms. The van der Waals surface area contributed by atoms with Gasteiger partial charge in [-0.25, -0.2) is 0 Å². The number of nitrogens with one attached hydrogen (secondary N) is 3. The maximum atomic E-state index is 5.17. The molecule has 1 aliphatic rings. The van der Waals surface area contributed by atoms with Crippen molar-refractivity contribution in [3.63, 3.8) is 0 Å². The molecule has 7 N–H and O–H groups in total. The summed E-state index contributed by atoms with van der Waals surface area (Å²) in [6.07, 6.45) is 0. The third-order valence-corrected chi connectivity index (χ3v) is 1.89. The van der Waals surface area contributed by atoms with Crippen molar-refractivity contribution in [3.8, 4) is 0 Å². The average molecular weight is 203 g/mol. The third-order valence-electron chi connectivity index (χ3n) is 1.89. The minimum absolute atomic E-state index is 0.675. The van der Waals surface area contributed by atoms with Gasteiger partial charge in [-0.1, -0.05) is 0 Å². The summed E-state index contributed by atoms with van der Waals surface area (Å²) in [4.78, 5) is 0. The van der Waals surface area contributed by atoms with Gasteiger partial charge in [0.15, 0.2) is 0 Å². The summed E-state index contributed by atoms with van der Waals surface area (Å²) < 4.78 is 0. The molecule has 0 aromatic carbocycles. The first-order valence-corrected chi connectivity index (χ1v) is 5.36. The highest BCUT2D eigenvalue weighted by atomic mass is 15.0. The van der Waals surface area contributed by atoms with E-state index in [4.69, 9.17) is 11.5 Å². The molecular formula is C9H25N5. The van der Waals surface area contributed by atoms with Crippen LogP contribution in [-0.4, -0.2) is 51.9 Å². The second kappa shape index (κ2) is 10.9. The quantitative estimate of drug-likeness (QED) is 0.343. The average Bonchev–Trinajstić information content (AvgIpc) is 2.21. The molecule has 0 aromatic rings. The normalized spacial score (nSPS) is 21.2. The van der Waals surface area contributed by atoms with Crippen molar-refractivity contribution < 1.29 is 0 Å². The van der Waals surface area contributed by atoms with E-state index in [-0.39, 0.29) is 0 Å². The lowest BCUT2D eigenvalue weighted by atomic mass is 10.3. The van der Waals surface area contributed by atoms with Crippen LogP contribution in [-0.2, 0) is 0 Å². The van der Waals surface area contributed by atoms with E-state index in [9.17, 15) is 0 Å². The first kappa shape index (κ1) is 13.8. The van der Waals surface area contributed by atoms with E-state index in [2.05, 4.69) is 22.9 Å². The van der Waals surface area contributed by atoms with Gasteiger partial charge in [-0.2, -0.15) is 0 Å². The molecule has 1 heterocycles. The Bertz CT molecular complexity index is 99.4. The van der Waals surface area contributed by atoms with Crippen molar-refractivity contribution in [1.82, 2.24) is 16.0 Å². The lowest BCUT2D eigenvalue weighted by molar-refractivity contribution is 0.442. The van der Waals surface area contributed by atoms with E-state index in [1.807, 2.05) is 0 Å². The van der Waals surface area contributed by atoms with Gasteiger partial charge in [0.05, 0.1) is 0 Å². The summed E-state index contributed by atoms with van der Waals surface area (Å²) in [5, 5.41) is 9.63. The summed E-state index contributed by atoms with van der Waals surface area (Å²) in [6, 6.07) is 0.675. The third kappa shape index (κ3) is 9.88. The van der Waals surface area contributed by atoms with E-state index in [0.717, 1.165) is 32.7 Å². The Morgan fingerprint density at radius 1 is 1.21 bits per heavy atom. The van der Waals surface area contributed by atoms with E-state index >= 15 is 0 Å². The second-order valence-electron chi connectivity index (χ2n) is 3.39. The number of hydrogen-bond acceptors (Lipinski definition) is 5. The lowest BCUT2D eigenvalue weighted by Gasteiger charge is -2.19. The second-order valence-corrected chi connectivity index (χ2v) is 3.39. The number of piperazine rings is 1. The van der Waals surface area contributed by atoms with Crippen molar-refractivity contribution in [2.75, 3.05) is 45.8 Å². The number of nitrogens with two attached hydrogens (primary N) is 2. The molecule has 1 rings (SSSR count). The minimum Gasteiger partial charge on any atom is -0.329 e.